The maximum Gasteiger partial charge on any atom is 0.242 e. The maximum absolute atomic E-state index is 12.5. The molecule has 1 N–H and O–H groups in total. The van der Waals surface area contributed by atoms with Gasteiger partial charge in [0.1, 0.15) is 5.54 Å². The van der Waals surface area contributed by atoms with Gasteiger partial charge in [-0.1, -0.05) is 37.3 Å². The molecule has 22 heavy (non-hydrogen) atoms. The predicted molar refractivity (Wildman–Crippen MR) is 84.1 cm³/mol. The second-order valence-corrected chi connectivity index (χ2v) is 6.11. The van der Waals surface area contributed by atoms with Gasteiger partial charge in [0.25, 0.3) is 0 Å². The van der Waals surface area contributed by atoms with Crippen LogP contribution in [-0.4, -0.2) is 53.3 Å². The molecule has 0 aromatic heterocycles. The summed E-state index contributed by atoms with van der Waals surface area (Å²) in [5.74, 6) is 0.204. The van der Waals surface area contributed by atoms with Crippen LogP contribution in [0, 0.1) is 0 Å². The number of amides is 2. The van der Waals surface area contributed by atoms with Crippen LogP contribution in [0.1, 0.15) is 25.3 Å². The van der Waals surface area contributed by atoms with E-state index in [1.54, 1.807) is 0 Å². The van der Waals surface area contributed by atoms with Crippen molar-refractivity contribution in [2.45, 2.75) is 31.8 Å². The summed E-state index contributed by atoms with van der Waals surface area (Å²) >= 11 is 0. The largest absolute Gasteiger partial charge is 0.354 e. The Hall–Kier alpha value is -1.88. The SMILES string of the molecule is CCC(=O)N1CCN(Cc2ccccc2)C2(CCNC2=O)C1. The summed E-state index contributed by atoms with van der Waals surface area (Å²) in [6, 6.07) is 10.2. The van der Waals surface area contributed by atoms with Gasteiger partial charge in [0.05, 0.1) is 0 Å². The molecule has 2 heterocycles. The van der Waals surface area contributed by atoms with Gasteiger partial charge >= 0.3 is 0 Å². The number of nitrogens with one attached hydrogen (secondary N) is 1. The molecular weight excluding hydrogens is 278 g/mol. The molecule has 118 valence electrons. The Morgan fingerprint density at radius 2 is 2.05 bits per heavy atom. The van der Waals surface area contributed by atoms with E-state index >= 15 is 0 Å². The van der Waals surface area contributed by atoms with Crippen molar-refractivity contribution in [2.75, 3.05) is 26.2 Å². The van der Waals surface area contributed by atoms with Gasteiger partial charge in [-0.15, -0.1) is 0 Å². The van der Waals surface area contributed by atoms with Gasteiger partial charge in [0.2, 0.25) is 11.8 Å². The molecule has 1 atom stereocenters. The Kier molecular flexibility index (Phi) is 4.16. The lowest BCUT2D eigenvalue weighted by Crippen LogP contribution is -2.65. The van der Waals surface area contributed by atoms with Gasteiger partial charge in [-0.05, 0) is 12.0 Å². The normalized spacial score (nSPS) is 25.5. The third-order valence-corrected chi connectivity index (χ3v) is 4.82. The van der Waals surface area contributed by atoms with Crippen molar-refractivity contribution < 1.29 is 9.59 Å². The molecule has 2 aliphatic heterocycles. The fraction of sp³-hybridized carbons (Fsp3) is 0.529. The van der Waals surface area contributed by atoms with Crippen molar-refractivity contribution in [3.05, 3.63) is 35.9 Å². The van der Waals surface area contributed by atoms with Crippen LogP contribution in [0.4, 0.5) is 0 Å². The van der Waals surface area contributed by atoms with E-state index in [0.29, 0.717) is 26.1 Å². The molecule has 0 saturated carbocycles. The molecule has 1 unspecified atom stereocenters. The van der Waals surface area contributed by atoms with Crippen molar-refractivity contribution in [1.29, 1.82) is 0 Å². The van der Waals surface area contributed by atoms with Crippen molar-refractivity contribution in [3.8, 4) is 0 Å². The molecule has 0 radical (unpaired) electrons. The molecule has 5 heteroatoms. The molecule has 0 aliphatic carbocycles. The number of carbonyl (C=O) groups is 2. The van der Waals surface area contributed by atoms with E-state index in [-0.39, 0.29) is 11.8 Å². The summed E-state index contributed by atoms with van der Waals surface area (Å²) < 4.78 is 0. The van der Waals surface area contributed by atoms with Crippen LogP contribution in [0.25, 0.3) is 0 Å². The molecule has 1 spiro atoms. The van der Waals surface area contributed by atoms with Gasteiger partial charge in [-0.3, -0.25) is 14.5 Å². The topological polar surface area (TPSA) is 52.7 Å². The Morgan fingerprint density at radius 1 is 1.27 bits per heavy atom. The minimum Gasteiger partial charge on any atom is -0.354 e. The molecule has 2 aliphatic rings. The van der Waals surface area contributed by atoms with Crippen molar-refractivity contribution in [3.63, 3.8) is 0 Å². The van der Waals surface area contributed by atoms with Crippen molar-refractivity contribution >= 4 is 11.8 Å². The fourth-order valence-corrected chi connectivity index (χ4v) is 3.53. The molecule has 2 saturated heterocycles. The quantitative estimate of drug-likeness (QED) is 0.906. The van der Waals surface area contributed by atoms with Gasteiger partial charge in [-0.2, -0.15) is 0 Å². The Bertz CT molecular complexity index is 560. The van der Waals surface area contributed by atoms with Crippen molar-refractivity contribution in [2.24, 2.45) is 0 Å². The highest BCUT2D eigenvalue weighted by Crippen LogP contribution is 2.30. The zero-order valence-electron chi connectivity index (χ0n) is 13.0. The smallest absolute Gasteiger partial charge is 0.242 e. The molecule has 2 amide bonds. The number of hydrogen-bond acceptors (Lipinski definition) is 3. The Morgan fingerprint density at radius 3 is 2.68 bits per heavy atom. The van der Waals surface area contributed by atoms with Crippen LogP contribution in [0.15, 0.2) is 30.3 Å². The molecular formula is C17H23N3O2. The first-order valence-electron chi connectivity index (χ1n) is 8.01. The Labute approximate surface area is 131 Å². The lowest BCUT2D eigenvalue weighted by Gasteiger charge is -2.47. The van der Waals surface area contributed by atoms with Crippen LogP contribution in [0.3, 0.4) is 0 Å². The average Bonchev–Trinajstić information content (AvgIpc) is 2.91. The lowest BCUT2D eigenvalue weighted by molar-refractivity contribution is -0.143. The standard InChI is InChI=1S/C17H23N3O2/c1-2-15(21)19-10-11-20(12-14-6-4-3-5-7-14)17(13-19)8-9-18-16(17)22/h3-7H,2,8-13H2,1H3,(H,18,22). The molecule has 0 bridgehead atoms. The van der Waals surface area contributed by atoms with Crippen LogP contribution in [-0.2, 0) is 16.1 Å². The zero-order valence-corrected chi connectivity index (χ0v) is 13.0. The van der Waals surface area contributed by atoms with E-state index in [0.717, 1.165) is 19.5 Å². The van der Waals surface area contributed by atoms with Gasteiger partial charge in [0, 0.05) is 39.1 Å². The van der Waals surface area contributed by atoms with Crippen molar-refractivity contribution in [1.82, 2.24) is 15.1 Å². The summed E-state index contributed by atoms with van der Waals surface area (Å²) in [6.45, 7) is 5.28. The predicted octanol–water partition coefficient (Wildman–Crippen LogP) is 1.000. The Balaban J connectivity index is 1.83. The van der Waals surface area contributed by atoms with Gasteiger partial charge in [0.15, 0.2) is 0 Å². The second-order valence-electron chi connectivity index (χ2n) is 6.11. The number of hydrogen-bond donors (Lipinski definition) is 1. The molecule has 3 rings (SSSR count). The number of carbonyl (C=O) groups excluding carboxylic acids is 2. The first-order valence-corrected chi connectivity index (χ1v) is 8.01. The van der Waals surface area contributed by atoms with E-state index in [4.69, 9.17) is 0 Å². The van der Waals surface area contributed by atoms with E-state index in [2.05, 4.69) is 22.3 Å². The van der Waals surface area contributed by atoms with Crippen LogP contribution in [0.2, 0.25) is 0 Å². The first kappa shape index (κ1) is 15.0. The zero-order chi connectivity index (χ0) is 15.6. The summed E-state index contributed by atoms with van der Waals surface area (Å²) in [4.78, 5) is 28.7. The van der Waals surface area contributed by atoms with Gasteiger partial charge in [-0.25, -0.2) is 0 Å². The van der Waals surface area contributed by atoms with Crippen LogP contribution < -0.4 is 5.32 Å². The second kappa shape index (κ2) is 6.08. The number of piperazine rings is 1. The van der Waals surface area contributed by atoms with Crippen LogP contribution in [0.5, 0.6) is 0 Å². The monoisotopic (exact) mass is 301 g/mol. The molecule has 2 fully saturated rings. The third kappa shape index (κ3) is 2.61. The summed E-state index contributed by atoms with van der Waals surface area (Å²) in [5.41, 5.74) is 0.649. The highest BCUT2D eigenvalue weighted by atomic mass is 16.2. The average molecular weight is 301 g/mol. The highest BCUT2D eigenvalue weighted by molar-refractivity contribution is 5.90. The first-order chi connectivity index (χ1) is 10.7. The van der Waals surface area contributed by atoms with E-state index < -0.39 is 5.54 Å². The van der Waals surface area contributed by atoms with E-state index in [1.165, 1.54) is 5.56 Å². The molecule has 5 nitrogen and oxygen atoms in total. The summed E-state index contributed by atoms with van der Waals surface area (Å²) in [6.07, 6.45) is 1.27. The maximum atomic E-state index is 12.5. The minimum atomic E-state index is -0.557. The van der Waals surface area contributed by atoms with E-state index in [9.17, 15) is 9.59 Å². The fourth-order valence-electron chi connectivity index (χ4n) is 3.53. The number of nitrogens with zero attached hydrogens (tertiary/aromatic N) is 2. The lowest BCUT2D eigenvalue weighted by atomic mass is 9.91. The number of rotatable bonds is 3. The van der Waals surface area contributed by atoms with Gasteiger partial charge < -0.3 is 10.2 Å². The minimum absolute atomic E-state index is 0.0667. The van der Waals surface area contributed by atoms with E-state index in [1.807, 2.05) is 30.0 Å². The molecule has 1 aromatic rings. The summed E-state index contributed by atoms with van der Waals surface area (Å²) in [7, 11) is 0. The highest BCUT2D eigenvalue weighted by Gasteiger charge is 2.51. The third-order valence-electron chi connectivity index (χ3n) is 4.82. The molecule has 1 aromatic carbocycles. The summed E-state index contributed by atoms with van der Waals surface area (Å²) in [5, 5.41) is 2.95. The number of benzene rings is 1. The van der Waals surface area contributed by atoms with Crippen LogP contribution >= 0.6 is 0 Å².